The molecular weight excluding hydrogens is 236 g/mol. The molecule has 0 bridgehead atoms. The van der Waals surface area contributed by atoms with Crippen LogP contribution in [0, 0.1) is 20.8 Å². The summed E-state index contributed by atoms with van der Waals surface area (Å²) in [7, 11) is 0. The van der Waals surface area contributed by atoms with Crippen LogP contribution in [0.1, 0.15) is 27.0 Å². The third-order valence-electron chi connectivity index (χ3n) is 3.27. The first-order valence-corrected chi connectivity index (χ1v) is 6.22. The molecular formula is C16H18N2O. The van der Waals surface area contributed by atoms with Crippen LogP contribution in [-0.4, -0.2) is 5.91 Å². The Hall–Kier alpha value is -2.29. The summed E-state index contributed by atoms with van der Waals surface area (Å²) in [6.07, 6.45) is 0. The molecule has 2 aromatic rings. The van der Waals surface area contributed by atoms with Crippen LogP contribution < -0.4 is 11.1 Å². The van der Waals surface area contributed by atoms with Crippen LogP contribution in [0.2, 0.25) is 0 Å². The number of benzene rings is 2. The van der Waals surface area contributed by atoms with E-state index in [1.807, 2.05) is 57.2 Å². The van der Waals surface area contributed by atoms with E-state index in [9.17, 15) is 4.79 Å². The van der Waals surface area contributed by atoms with Gasteiger partial charge in [0.15, 0.2) is 0 Å². The summed E-state index contributed by atoms with van der Waals surface area (Å²) in [6, 6.07) is 11.3. The monoisotopic (exact) mass is 254 g/mol. The van der Waals surface area contributed by atoms with Gasteiger partial charge in [0.2, 0.25) is 0 Å². The van der Waals surface area contributed by atoms with Gasteiger partial charge >= 0.3 is 0 Å². The fourth-order valence-electron chi connectivity index (χ4n) is 1.95. The zero-order valence-electron chi connectivity index (χ0n) is 11.4. The summed E-state index contributed by atoms with van der Waals surface area (Å²) in [4.78, 5) is 12.2. The Morgan fingerprint density at radius 1 is 1.00 bits per heavy atom. The van der Waals surface area contributed by atoms with Crippen molar-refractivity contribution in [1.29, 1.82) is 0 Å². The number of hydrogen-bond donors (Lipinski definition) is 2. The van der Waals surface area contributed by atoms with Gasteiger partial charge in [-0.2, -0.15) is 0 Å². The molecule has 3 N–H and O–H groups in total. The Morgan fingerprint density at radius 3 is 2.26 bits per heavy atom. The van der Waals surface area contributed by atoms with E-state index in [4.69, 9.17) is 5.73 Å². The van der Waals surface area contributed by atoms with E-state index in [0.29, 0.717) is 11.3 Å². The highest BCUT2D eigenvalue weighted by Gasteiger charge is 2.10. The maximum Gasteiger partial charge on any atom is 0.255 e. The van der Waals surface area contributed by atoms with Crippen molar-refractivity contribution in [3.63, 3.8) is 0 Å². The van der Waals surface area contributed by atoms with E-state index in [1.165, 1.54) is 0 Å². The van der Waals surface area contributed by atoms with Crippen molar-refractivity contribution in [2.75, 3.05) is 11.1 Å². The first-order chi connectivity index (χ1) is 8.99. The standard InChI is InChI=1S/C16H18N2O/c1-10-4-7-13(8-5-10)16(19)18-15-11(2)6-9-14(17)12(15)3/h4-9H,17H2,1-3H3,(H,18,19). The molecule has 0 heterocycles. The molecule has 2 rings (SSSR count). The van der Waals surface area contributed by atoms with Crippen molar-refractivity contribution in [3.05, 3.63) is 58.7 Å². The molecule has 3 heteroatoms. The number of carbonyl (C=O) groups excluding carboxylic acids is 1. The van der Waals surface area contributed by atoms with Gasteiger partial charge in [-0.1, -0.05) is 23.8 Å². The van der Waals surface area contributed by atoms with Crippen molar-refractivity contribution in [2.24, 2.45) is 0 Å². The number of aryl methyl sites for hydroxylation is 2. The van der Waals surface area contributed by atoms with E-state index in [1.54, 1.807) is 0 Å². The quantitative estimate of drug-likeness (QED) is 0.806. The van der Waals surface area contributed by atoms with Gasteiger partial charge in [0.05, 0.1) is 0 Å². The average Bonchev–Trinajstić information content (AvgIpc) is 2.40. The molecule has 3 nitrogen and oxygen atoms in total. The molecule has 0 aliphatic heterocycles. The van der Waals surface area contributed by atoms with E-state index in [0.717, 1.165) is 22.4 Å². The average molecular weight is 254 g/mol. The number of nitrogen functional groups attached to an aromatic ring is 1. The Bertz CT molecular complexity index is 615. The van der Waals surface area contributed by atoms with Crippen LogP contribution in [0.3, 0.4) is 0 Å². The largest absolute Gasteiger partial charge is 0.398 e. The lowest BCUT2D eigenvalue weighted by molar-refractivity contribution is 0.102. The highest BCUT2D eigenvalue weighted by Crippen LogP contribution is 2.25. The molecule has 98 valence electrons. The summed E-state index contributed by atoms with van der Waals surface area (Å²) in [6.45, 7) is 5.86. The van der Waals surface area contributed by atoms with Crippen molar-refractivity contribution >= 4 is 17.3 Å². The Morgan fingerprint density at radius 2 is 1.63 bits per heavy atom. The van der Waals surface area contributed by atoms with Crippen LogP contribution in [0.15, 0.2) is 36.4 Å². The predicted molar refractivity (Wildman–Crippen MR) is 79.5 cm³/mol. The van der Waals surface area contributed by atoms with Gasteiger partial charge < -0.3 is 11.1 Å². The van der Waals surface area contributed by atoms with Gasteiger partial charge in [-0.15, -0.1) is 0 Å². The maximum absolute atomic E-state index is 12.2. The van der Waals surface area contributed by atoms with Crippen LogP contribution in [0.5, 0.6) is 0 Å². The summed E-state index contributed by atoms with van der Waals surface area (Å²) in [5, 5.41) is 2.94. The molecule has 0 fully saturated rings. The Balaban J connectivity index is 2.29. The Labute approximate surface area is 113 Å². The van der Waals surface area contributed by atoms with Crippen molar-refractivity contribution < 1.29 is 4.79 Å². The number of nitrogens with one attached hydrogen (secondary N) is 1. The molecule has 19 heavy (non-hydrogen) atoms. The SMILES string of the molecule is Cc1ccc(C(=O)Nc2c(C)ccc(N)c2C)cc1. The number of carbonyl (C=O) groups is 1. The number of amides is 1. The second kappa shape index (κ2) is 5.14. The Kier molecular flexibility index (Phi) is 3.56. The fraction of sp³-hybridized carbons (Fsp3) is 0.188. The molecule has 1 amide bonds. The minimum atomic E-state index is -0.114. The summed E-state index contributed by atoms with van der Waals surface area (Å²) in [5.74, 6) is -0.114. The molecule has 0 saturated heterocycles. The molecule has 0 atom stereocenters. The third-order valence-corrected chi connectivity index (χ3v) is 3.27. The lowest BCUT2D eigenvalue weighted by Crippen LogP contribution is -2.14. The zero-order chi connectivity index (χ0) is 14.0. The first-order valence-electron chi connectivity index (χ1n) is 6.22. The number of hydrogen-bond acceptors (Lipinski definition) is 2. The normalized spacial score (nSPS) is 10.3. The number of rotatable bonds is 2. The van der Waals surface area contributed by atoms with Crippen molar-refractivity contribution in [3.8, 4) is 0 Å². The minimum absolute atomic E-state index is 0.114. The molecule has 0 spiro atoms. The molecule has 2 aromatic carbocycles. The van der Waals surface area contributed by atoms with Gasteiger partial charge in [-0.3, -0.25) is 4.79 Å². The van der Waals surface area contributed by atoms with Gasteiger partial charge in [0.25, 0.3) is 5.91 Å². The summed E-state index contributed by atoms with van der Waals surface area (Å²) >= 11 is 0. The van der Waals surface area contributed by atoms with Crippen LogP contribution in [0.4, 0.5) is 11.4 Å². The summed E-state index contributed by atoms with van der Waals surface area (Å²) < 4.78 is 0. The second-order valence-corrected chi connectivity index (χ2v) is 4.79. The van der Waals surface area contributed by atoms with Crippen LogP contribution in [0.25, 0.3) is 0 Å². The fourth-order valence-corrected chi connectivity index (χ4v) is 1.95. The number of anilines is 2. The van der Waals surface area contributed by atoms with Gasteiger partial charge in [-0.05, 0) is 50.1 Å². The van der Waals surface area contributed by atoms with Crippen molar-refractivity contribution in [2.45, 2.75) is 20.8 Å². The highest BCUT2D eigenvalue weighted by molar-refractivity contribution is 6.05. The lowest BCUT2D eigenvalue weighted by atomic mass is 10.1. The topological polar surface area (TPSA) is 55.1 Å². The van der Waals surface area contributed by atoms with E-state index in [-0.39, 0.29) is 5.91 Å². The smallest absolute Gasteiger partial charge is 0.255 e. The highest BCUT2D eigenvalue weighted by atomic mass is 16.1. The van der Waals surface area contributed by atoms with Crippen LogP contribution >= 0.6 is 0 Å². The van der Waals surface area contributed by atoms with E-state index in [2.05, 4.69) is 5.32 Å². The predicted octanol–water partition coefficient (Wildman–Crippen LogP) is 3.45. The zero-order valence-corrected chi connectivity index (χ0v) is 11.4. The lowest BCUT2D eigenvalue weighted by Gasteiger charge is -2.13. The van der Waals surface area contributed by atoms with Gasteiger partial charge in [-0.25, -0.2) is 0 Å². The second-order valence-electron chi connectivity index (χ2n) is 4.79. The van der Waals surface area contributed by atoms with Crippen LogP contribution in [-0.2, 0) is 0 Å². The van der Waals surface area contributed by atoms with Gasteiger partial charge in [0, 0.05) is 16.9 Å². The molecule has 0 radical (unpaired) electrons. The summed E-state index contributed by atoms with van der Waals surface area (Å²) in [5.41, 5.74) is 11.0. The van der Waals surface area contributed by atoms with E-state index >= 15 is 0 Å². The molecule has 0 saturated carbocycles. The third kappa shape index (κ3) is 2.76. The number of nitrogens with two attached hydrogens (primary N) is 1. The molecule has 0 aliphatic rings. The minimum Gasteiger partial charge on any atom is -0.398 e. The maximum atomic E-state index is 12.2. The molecule has 0 unspecified atom stereocenters. The van der Waals surface area contributed by atoms with Crippen molar-refractivity contribution in [1.82, 2.24) is 0 Å². The van der Waals surface area contributed by atoms with Gasteiger partial charge in [0.1, 0.15) is 0 Å². The first kappa shape index (κ1) is 13.1. The molecule has 0 aromatic heterocycles. The molecule has 0 aliphatic carbocycles. The van der Waals surface area contributed by atoms with E-state index < -0.39 is 0 Å².